The number of rotatable bonds is 5. The summed E-state index contributed by atoms with van der Waals surface area (Å²) in [5.74, 6) is -0.220. The molecule has 1 atom stereocenters. The van der Waals surface area contributed by atoms with E-state index in [4.69, 9.17) is 5.11 Å². The molecule has 15 heavy (non-hydrogen) atoms. The fourth-order valence-electron chi connectivity index (χ4n) is 1.68. The number of anilines is 1. The molecule has 0 saturated heterocycles. The van der Waals surface area contributed by atoms with E-state index in [9.17, 15) is 4.79 Å². The first-order chi connectivity index (χ1) is 7.25. The maximum atomic E-state index is 10.7. The van der Waals surface area contributed by atoms with Crippen LogP contribution in [0.2, 0.25) is 0 Å². The number of nitrogens with zero attached hydrogens (tertiary/aromatic N) is 1. The van der Waals surface area contributed by atoms with Crippen molar-refractivity contribution in [2.75, 3.05) is 5.32 Å². The van der Waals surface area contributed by atoms with Crippen molar-refractivity contribution in [1.82, 2.24) is 4.98 Å². The highest BCUT2D eigenvalue weighted by atomic mass is 16.4. The molecule has 0 bridgehead atoms. The number of hydrogen-bond donors (Lipinski definition) is 2. The van der Waals surface area contributed by atoms with Gasteiger partial charge in [-0.1, -0.05) is 0 Å². The molecule has 1 saturated carbocycles. The lowest BCUT2D eigenvalue weighted by atomic mass is 10.1. The van der Waals surface area contributed by atoms with Gasteiger partial charge in [0.15, 0.2) is 0 Å². The molecule has 2 rings (SSSR count). The lowest BCUT2D eigenvalue weighted by molar-refractivity contribution is -0.137. The van der Waals surface area contributed by atoms with Crippen molar-refractivity contribution in [3.63, 3.8) is 0 Å². The molecular formula is C11H14N2O2. The first kappa shape index (κ1) is 9.96. The van der Waals surface area contributed by atoms with Gasteiger partial charge in [0.2, 0.25) is 0 Å². The molecule has 1 heterocycles. The van der Waals surface area contributed by atoms with Crippen LogP contribution in [0.5, 0.6) is 0 Å². The number of carboxylic acid groups (broad SMARTS) is 1. The fourth-order valence-corrected chi connectivity index (χ4v) is 1.68. The van der Waals surface area contributed by atoms with Crippen LogP contribution >= 0.6 is 0 Å². The second kappa shape index (κ2) is 4.29. The summed E-state index contributed by atoms with van der Waals surface area (Å²) in [4.78, 5) is 14.6. The molecular weight excluding hydrogens is 192 g/mol. The van der Waals surface area contributed by atoms with Crippen LogP contribution < -0.4 is 5.32 Å². The molecule has 4 heteroatoms. The summed E-state index contributed by atoms with van der Waals surface area (Å²) in [5.41, 5.74) is 0.947. The number of carboxylic acids is 1. The van der Waals surface area contributed by atoms with Gasteiger partial charge in [-0.15, -0.1) is 0 Å². The Morgan fingerprint density at radius 1 is 1.53 bits per heavy atom. The maximum Gasteiger partial charge on any atom is 0.305 e. The minimum atomic E-state index is -0.742. The molecule has 1 aliphatic carbocycles. The van der Waals surface area contributed by atoms with Gasteiger partial charge in [0, 0.05) is 24.1 Å². The average molecular weight is 206 g/mol. The molecule has 1 aliphatic rings. The van der Waals surface area contributed by atoms with Crippen LogP contribution in [-0.4, -0.2) is 22.1 Å². The third kappa shape index (κ3) is 2.94. The van der Waals surface area contributed by atoms with Crippen molar-refractivity contribution in [3.8, 4) is 0 Å². The standard InChI is InChI=1S/C11H14N2O2/c14-11(15)7-10(8-1-2-8)13-9-3-5-12-6-4-9/h3-6,8,10H,1-2,7H2,(H,12,13)(H,14,15). The summed E-state index contributed by atoms with van der Waals surface area (Å²) in [6, 6.07) is 3.78. The lowest BCUT2D eigenvalue weighted by Gasteiger charge is -2.17. The number of aromatic nitrogens is 1. The third-order valence-corrected chi connectivity index (χ3v) is 2.62. The summed E-state index contributed by atoms with van der Waals surface area (Å²) in [6.07, 6.45) is 5.86. The topological polar surface area (TPSA) is 62.2 Å². The second-order valence-corrected chi connectivity index (χ2v) is 3.92. The average Bonchev–Trinajstić information content (AvgIpc) is 3.01. The van der Waals surface area contributed by atoms with Crippen molar-refractivity contribution >= 4 is 11.7 Å². The van der Waals surface area contributed by atoms with Gasteiger partial charge in [-0.05, 0) is 30.9 Å². The first-order valence-electron chi connectivity index (χ1n) is 5.14. The quantitative estimate of drug-likeness (QED) is 0.770. The third-order valence-electron chi connectivity index (χ3n) is 2.62. The van der Waals surface area contributed by atoms with Crippen LogP contribution in [0.1, 0.15) is 19.3 Å². The van der Waals surface area contributed by atoms with Crippen molar-refractivity contribution < 1.29 is 9.90 Å². The number of carbonyl (C=O) groups is 1. The zero-order valence-electron chi connectivity index (χ0n) is 8.39. The van der Waals surface area contributed by atoms with Gasteiger partial charge in [-0.25, -0.2) is 0 Å². The first-order valence-corrected chi connectivity index (χ1v) is 5.14. The van der Waals surface area contributed by atoms with Gasteiger partial charge in [0.25, 0.3) is 0 Å². The van der Waals surface area contributed by atoms with Gasteiger partial charge in [-0.2, -0.15) is 0 Å². The minimum Gasteiger partial charge on any atom is -0.481 e. The Balaban J connectivity index is 1.97. The van der Waals surface area contributed by atoms with E-state index in [-0.39, 0.29) is 12.5 Å². The zero-order valence-corrected chi connectivity index (χ0v) is 8.39. The van der Waals surface area contributed by atoms with Crippen LogP contribution in [0.3, 0.4) is 0 Å². The van der Waals surface area contributed by atoms with E-state index in [0.717, 1.165) is 18.5 Å². The summed E-state index contributed by atoms with van der Waals surface area (Å²) in [5, 5.41) is 12.0. The van der Waals surface area contributed by atoms with Crippen molar-refractivity contribution in [3.05, 3.63) is 24.5 Å². The number of aliphatic carboxylic acids is 1. The molecule has 0 radical (unpaired) electrons. The highest BCUT2D eigenvalue weighted by molar-refractivity contribution is 5.68. The number of hydrogen-bond acceptors (Lipinski definition) is 3. The molecule has 4 nitrogen and oxygen atoms in total. The molecule has 0 aromatic carbocycles. The van der Waals surface area contributed by atoms with Crippen LogP contribution in [0.4, 0.5) is 5.69 Å². The van der Waals surface area contributed by atoms with Gasteiger partial charge >= 0.3 is 5.97 Å². The van der Waals surface area contributed by atoms with Crippen LogP contribution in [0.25, 0.3) is 0 Å². The molecule has 0 aliphatic heterocycles. The Morgan fingerprint density at radius 3 is 2.73 bits per heavy atom. The van der Waals surface area contributed by atoms with E-state index in [2.05, 4.69) is 10.3 Å². The predicted molar refractivity (Wildman–Crippen MR) is 56.6 cm³/mol. The van der Waals surface area contributed by atoms with Gasteiger partial charge < -0.3 is 10.4 Å². The highest BCUT2D eigenvalue weighted by Crippen LogP contribution is 2.35. The lowest BCUT2D eigenvalue weighted by Crippen LogP contribution is -2.25. The van der Waals surface area contributed by atoms with E-state index in [1.807, 2.05) is 12.1 Å². The largest absolute Gasteiger partial charge is 0.481 e. The highest BCUT2D eigenvalue weighted by Gasteiger charge is 2.32. The summed E-state index contributed by atoms with van der Waals surface area (Å²) in [7, 11) is 0. The van der Waals surface area contributed by atoms with Crippen LogP contribution in [0, 0.1) is 5.92 Å². The SMILES string of the molecule is O=C(O)CC(Nc1ccncc1)C1CC1. The van der Waals surface area contributed by atoms with Gasteiger partial charge in [0.1, 0.15) is 0 Å². The van der Waals surface area contributed by atoms with Crippen LogP contribution in [0.15, 0.2) is 24.5 Å². The Labute approximate surface area is 88.3 Å². The molecule has 0 amide bonds. The van der Waals surface area contributed by atoms with E-state index >= 15 is 0 Å². The fraction of sp³-hybridized carbons (Fsp3) is 0.455. The van der Waals surface area contributed by atoms with Crippen LogP contribution in [-0.2, 0) is 4.79 Å². The van der Waals surface area contributed by atoms with E-state index in [1.54, 1.807) is 12.4 Å². The van der Waals surface area contributed by atoms with Gasteiger partial charge in [0.05, 0.1) is 6.42 Å². The van der Waals surface area contributed by atoms with Gasteiger partial charge in [-0.3, -0.25) is 9.78 Å². The Bertz CT molecular complexity index is 336. The monoisotopic (exact) mass is 206 g/mol. The Morgan fingerprint density at radius 2 is 2.20 bits per heavy atom. The smallest absolute Gasteiger partial charge is 0.305 e. The van der Waals surface area contributed by atoms with Crippen molar-refractivity contribution in [2.45, 2.75) is 25.3 Å². The maximum absolute atomic E-state index is 10.7. The zero-order chi connectivity index (χ0) is 10.7. The molecule has 1 unspecified atom stereocenters. The molecule has 1 fully saturated rings. The molecule has 1 aromatic heterocycles. The Hall–Kier alpha value is -1.58. The molecule has 1 aromatic rings. The number of pyridine rings is 1. The van der Waals surface area contributed by atoms with Crippen molar-refractivity contribution in [1.29, 1.82) is 0 Å². The summed E-state index contributed by atoms with van der Waals surface area (Å²) < 4.78 is 0. The van der Waals surface area contributed by atoms with E-state index in [0.29, 0.717) is 5.92 Å². The van der Waals surface area contributed by atoms with E-state index < -0.39 is 5.97 Å². The normalized spacial score (nSPS) is 17.1. The second-order valence-electron chi connectivity index (χ2n) is 3.92. The molecule has 2 N–H and O–H groups in total. The molecule has 0 spiro atoms. The molecule has 80 valence electrons. The summed E-state index contributed by atoms with van der Waals surface area (Å²) in [6.45, 7) is 0. The van der Waals surface area contributed by atoms with E-state index in [1.165, 1.54) is 0 Å². The minimum absolute atomic E-state index is 0.0601. The van der Waals surface area contributed by atoms with Crippen molar-refractivity contribution in [2.24, 2.45) is 5.92 Å². The predicted octanol–water partition coefficient (Wildman–Crippen LogP) is 1.75. The summed E-state index contributed by atoms with van der Waals surface area (Å²) >= 11 is 0. The number of nitrogens with one attached hydrogen (secondary N) is 1. The Kier molecular flexibility index (Phi) is 2.85.